The summed E-state index contributed by atoms with van der Waals surface area (Å²) in [6.07, 6.45) is 1.53. The molecule has 0 aliphatic carbocycles. The zero-order valence-electron chi connectivity index (χ0n) is 20.1. The molecular formula is C27H20Cl3NO6S. The number of carbonyl (C=O) groups is 3. The van der Waals surface area contributed by atoms with Crippen LogP contribution in [0.4, 0.5) is 4.79 Å². The van der Waals surface area contributed by atoms with Crippen molar-refractivity contribution in [3.8, 4) is 17.2 Å². The number of hydrogen-bond donors (Lipinski definition) is 0. The molecule has 196 valence electrons. The second kappa shape index (κ2) is 12.1. The van der Waals surface area contributed by atoms with Gasteiger partial charge in [0.15, 0.2) is 11.5 Å². The topological polar surface area (TPSA) is 82.1 Å². The van der Waals surface area contributed by atoms with Crippen LogP contribution in [-0.2, 0) is 11.3 Å². The van der Waals surface area contributed by atoms with Gasteiger partial charge in [-0.05, 0) is 84.4 Å². The highest BCUT2D eigenvalue weighted by molar-refractivity contribution is 8.18. The number of methoxy groups -OCH3 is 1. The van der Waals surface area contributed by atoms with E-state index in [9.17, 15) is 14.4 Å². The van der Waals surface area contributed by atoms with Gasteiger partial charge >= 0.3 is 5.97 Å². The molecule has 2 amide bonds. The summed E-state index contributed by atoms with van der Waals surface area (Å²) in [5.41, 5.74) is 1.37. The smallest absolute Gasteiger partial charge is 0.343 e. The molecule has 4 rings (SSSR count). The minimum Gasteiger partial charge on any atom is -0.497 e. The predicted molar refractivity (Wildman–Crippen MR) is 149 cm³/mol. The van der Waals surface area contributed by atoms with E-state index in [1.54, 1.807) is 55.5 Å². The molecule has 1 fully saturated rings. The lowest BCUT2D eigenvalue weighted by Gasteiger charge is -2.14. The van der Waals surface area contributed by atoms with Crippen LogP contribution in [0.5, 0.6) is 17.2 Å². The number of esters is 1. The van der Waals surface area contributed by atoms with Gasteiger partial charge in [0.25, 0.3) is 11.1 Å². The minimum absolute atomic E-state index is 0.00319. The normalized spacial score (nSPS) is 14.2. The third-order valence-corrected chi connectivity index (χ3v) is 7.14. The van der Waals surface area contributed by atoms with Crippen LogP contribution < -0.4 is 14.2 Å². The maximum Gasteiger partial charge on any atom is 0.343 e. The summed E-state index contributed by atoms with van der Waals surface area (Å²) in [5, 5.41) is 0.464. The second-order valence-corrected chi connectivity index (χ2v) is 10.1. The molecule has 7 nitrogen and oxygen atoms in total. The summed E-state index contributed by atoms with van der Waals surface area (Å²) < 4.78 is 16.3. The Hall–Kier alpha value is -3.17. The van der Waals surface area contributed by atoms with Crippen molar-refractivity contribution in [1.29, 1.82) is 0 Å². The van der Waals surface area contributed by atoms with Gasteiger partial charge in [-0.15, -0.1) is 0 Å². The maximum atomic E-state index is 13.0. The largest absolute Gasteiger partial charge is 0.497 e. The van der Waals surface area contributed by atoms with E-state index in [1.165, 1.54) is 19.3 Å². The fraction of sp³-hybridized carbons (Fsp3) is 0.148. The van der Waals surface area contributed by atoms with Crippen molar-refractivity contribution in [2.75, 3.05) is 13.7 Å². The summed E-state index contributed by atoms with van der Waals surface area (Å²) in [6, 6.07) is 14.4. The van der Waals surface area contributed by atoms with Crippen molar-refractivity contribution in [3.63, 3.8) is 0 Å². The van der Waals surface area contributed by atoms with Gasteiger partial charge in [-0.3, -0.25) is 14.5 Å². The standard InChI is InChI=1S/C27H20Cl3NO6S/c1-3-36-22-11-15(10-21(30)24(22)37-26(33)16-5-8-19(35-2)9-6-16)12-23-25(32)31(27(34)38-23)14-17-4-7-18(28)13-20(17)29/h4-13H,3,14H2,1-2H3/b23-12-. The Morgan fingerprint density at radius 3 is 2.39 bits per heavy atom. The van der Waals surface area contributed by atoms with Crippen molar-refractivity contribution < 1.29 is 28.6 Å². The zero-order valence-corrected chi connectivity index (χ0v) is 23.2. The van der Waals surface area contributed by atoms with Crippen LogP contribution in [-0.4, -0.2) is 35.7 Å². The number of ether oxygens (including phenoxy) is 3. The first-order chi connectivity index (χ1) is 18.2. The third kappa shape index (κ3) is 6.27. The summed E-state index contributed by atoms with van der Waals surface area (Å²) in [7, 11) is 1.53. The van der Waals surface area contributed by atoms with Gasteiger partial charge < -0.3 is 14.2 Å². The van der Waals surface area contributed by atoms with Crippen molar-refractivity contribution >= 4 is 69.8 Å². The van der Waals surface area contributed by atoms with Gasteiger partial charge in [-0.25, -0.2) is 4.79 Å². The first-order valence-corrected chi connectivity index (χ1v) is 13.2. The molecule has 0 aromatic heterocycles. The Kier molecular flexibility index (Phi) is 8.89. The quantitative estimate of drug-likeness (QED) is 0.152. The van der Waals surface area contributed by atoms with E-state index in [0.29, 0.717) is 32.5 Å². The Labute approximate surface area is 238 Å². The molecule has 0 atom stereocenters. The van der Waals surface area contributed by atoms with E-state index in [4.69, 9.17) is 49.0 Å². The van der Waals surface area contributed by atoms with Gasteiger partial charge in [0.1, 0.15) is 5.75 Å². The highest BCUT2D eigenvalue weighted by Gasteiger charge is 2.35. The minimum atomic E-state index is -0.634. The van der Waals surface area contributed by atoms with Crippen LogP contribution in [0.2, 0.25) is 15.1 Å². The molecule has 3 aromatic carbocycles. The molecule has 1 heterocycles. The molecule has 1 saturated heterocycles. The van der Waals surface area contributed by atoms with Gasteiger partial charge in [-0.2, -0.15) is 0 Å². The third-order valence-electron chi connectivity index (χ3n) is 5.37. The molecule has 1 aliphatic heterocycles. The number of halogens is 3. The number of imide groups is 1. The van der Waals surface area contributed by atoms with Crippen LogP contribution >= 0.6 is 46.6 Å². The lowest BCUT2D eigenvalue weighted by atomic mass is 10.1. The van der Waals surface area contributed by atoms with Crippen molar-refractivity contribution in [1.82, 2.24) is 4.90 Å². The summed E-state index contributed by atoms with van der Waals surface area (Å²) >= 11 is 19.4. The average Bonchev–Trinajstić information content (AvgIpc) is 3.14. The lowest BCUT2D eigenvalue weighted by molar-refractivity contribution is -0.123. The monoisotopic (exact) mass is 591 g/mol. The molecule has 38 heavy (non-hydrogen) atoms. The van der Waals surface area contributed by atoms with Crippen molar-refractivity contribution in [3.05, 3.63) is 91.3 Å². The molecule has 1 aliphatic rings. The molecule has 11 heteroatoms. The van der Waals surface area contributed by atoms with Gasteiger partial charge in [0.05, 0.1) is 35.8 Å². The van der Waals surface area contributed by atoms with E-state index < -0.39 is 17.1 Å². The van der Waals surface area contributed by atoms with Gasteiger partial charge in [0, 0.05) is 10.0 Å². The average molecular weight is 593 g/mol. The lowest BCUT2D eigenvalue weighted by Crippen LogP contribution is -2.27. The van der Waals surface area contributed by atoms with Crippen LogP contribution in [0.25, 0.3) is 6.08 Å². The Morgan fingerprint density at radius 2 is 1.74 bits per heavy atom. The molecule has 0 radical (unpaired) electrons. The molecule has 0 spiro atoms. The second-order valence-electron chi connectivity index (χ2n) is 7.88. The zero-order chi connectivity index (χ0) is 27.4. The summed E-state index contributed by atoms with van der Waals surface area (Å²) in [4.78, 5) is 39.6. The number of rotatable bonds is 8. The number of thioether (sulfide) groups is 1. The number of benzene rings is 3. The fourth-order valence-corrected chi connectivity index (χ4v) is 5.08. The first-order valence-electron chi connectivity index (χ1n) is 11.2. The highest BCUT2D eigenvalue weighted by atomic mass is 35.5. The number of nitrogens with zero attached hydrogens (tertiary/aromatic N) is 1. The van der Waals surface area contributed by atoms with Crippen LogP contribution in [0.15, 0.2) is 59.5 Å². The van der Waals surface area contributed by atoms with Gasteiger partial charge in [-0.1, -0.05) is 40.9 Å². The molecule has 0 bridgehead atoms. The molecule has 0 N–H and O–H groups in total. The SMILES string of the molecule is CCOc1cc(/C=C2\SC(=O)N(Cc3ccc(Cl)cc3Cl)C2=O)cc(Cl)c1OC(=O)c1ccc(OC)cc1. The summed E-state index contributed by atoms with van der Waals surface area (Å²) in [5.74, 6) is -0.266. The molecule has 0 unspecified atom stereocenters. The van der Waals surface area contributed by atoms with Crippen LogP contribution in [0, 0.1) is 0 Å². The predicted octanol–water partition coefficient (Wildman–Crippen LogP) is 7.51. The summed E-state index contributed by atoms with van der Waals surface area (Å²) in [6.45, 7) is 2.04. The fourth-order valence-electron chi connectivity index (χ4n) is 3.52. The molecule has 0 saturated carbocycles. The Balaban J connectivity index is 1.57. The Bertz CT molecular complexity index is 1440. The van der Waals surface area contributed by atoms with E-state index >= 15 is 0 Å². The van der Waals surface area contributed by atoms with Crippen molar-refractivity contribution in [2.45, 2.75) is 13.5 Å². The van der Waals surface area contributed by atoms with E-state index in [2.05, 4.69) is 0 Å². The highest BCUT2D eigenvalue weighted by Crippen LogP contribution is 2.40. The number of amides is 2. The number of hydrogen-bond acceptors (Lipinski definition) is 7. The van der Waals surface area contributed by atoms with E-state index in [1.807, 2.05) is 0 Å². The van der Waals surface area contributed by atoms with E-state index in [-0.39, 0.29) is 34.6 Å². The van der Waals surface area contributed by atoms with Crippen LogP contribution in [0.1, 0.15) is 28.4 Å². The van der Waals surface area contributed by atoms with Crippen molar-refractivity contribution in [2.24, 2.45) is 0 Å². The maximum absolute atomic E-state index is 13.0. The first kappa shape index (κ1) is 27.9. The number of carbonyl (C=O) groups excluding carboxylic acids is 3. The molecule has 3 aromatic rings. The van der Waals surface area contributed by atoms with Crippen LogP contribution in [0.3, 0.4) is 0 Å². The Morgan fingerprint density at radius 1 is 1.00 bits per heavy atom. The molecular weight excluding hydrogens is 573 g/mol. The van der Waals surface area contributed by atoms with Gasteiger partial charge in [0.2, 0.25) is 0 Å². The van der Waals surface area contributed by atoms with E-state index in [0.717, 1.165) is 16.7 Å².